The van der Waals surface area contributed by atoms with Gasteiger partial charge in [-0.3, -0.25) is 0 Å². The van der Waals surface area contributed by atoms with Gasteiger partial charge in [-0.05, 0) is 44.4 Å². The summed E-state index contributed by atoms with van der Waals surface area (Å²) in [5.41, 5.74) is 9.73. The Morgan fingerprint density at radius 1 is 1.04 bits per heavy atom. The van der Waals surface area contributed by atoms with Crippen LogP contribution in [-0.2, 0) is 4.74 Å². The van der Waals surface area contributed by atoms with Gasteiger partial charge in [0.15, 0.2) is 0 Å². The SMILES string of the molecule is CN1CCN(CCCOCCN2CCCC3=CCC=C(N)C=C32)CC1. The van der Waals surface area contributed by atoms with E-state index in [1.54, 1.807) is 0 Å². The Hall–Kier alpha value is -1.30. The third-order valence-electron chi connectivity index (χ3n) is 5.43. The van der Waals surface area contributed by atoms with E-state index in [2.05, 4.69) is 40.0 Å². The second-order valence-electron chi connectivity index (χ2n) is 7.40. The summed E-state index contributed by atoms with van der Waals surface area (Å²) in [5, 5.41) is 0. The molecule has 25 heavy (non-hydrogen) atoms. The minimum atomic E-state index is 0.803. The van der Waals surface area contributed by atoms with Crippen molar-refractivity contribution in [2.75, 3.05) is 66.1 Å². The molecule has 0 aromatic carbocycles. The zero-order valence-corrected chi connectivity index (χ0v) is 15.8. The van der Waals surface area contributed by atoms with E-state index in [0.29, 0.717) is 0 Å². The maximum Gasteiger partial charge on any atom is 0.0641 e. The second kappa shape index (κ2) is 9.41. The highest BCUT2D eigenvalue weighted by atomic mass is 16.5. The summed E-state index contributed by atoms with van der Waals surface area (Å²) in [6, 6.07) is 0. The predicted molar refractivity (Wildman–Crippen MR) is 103 cm³/mol. The molecule has 3 rings (SSSR count). The molecule has 2 N–H and O–H groups in total. The molecule has 0 atom stereocenters. The van der Waals surface area contributed by atoms with Crippen molar-refractivity contribution in [1.29, 1.82) is 0 Å². The Balaban J connectivity index is 1.34. The molecule has 0 aromatic rings. The van der Waals surface area contributed by atoms with Crippen molar-refractivity contribution in [3.8, 4) is 0 Å². The quantitative estimate of drug-likeness (QED) is 0.712. The number of nitrogens with two attached hydrogens (primary N) is 1. The van der Waals surface area contributed by atoms with Crippen LogP contribution in [-0.4, -0.2) is 80.8 Å². The van der Waals surface area contributed by atoms with E-state index >= 15 is 0 Å². The third kappa shape index (κ3) is 5.59. The van der Waals surface area contributed by atoms with Crippen molar-refractivity contribution in [3.63, 3.8) is 0 Å². The molecular formula is C20H34N4O. The van der Waals surface area contributed by atoms with Crippen molar-refractivity contribution in [3.05, 3.63) is 35.2 Å². The number of nitrogens with zero attached hydrogens (tertiary/aromatic N) is 3. The standard InChI is InChI=1S/C20H34N4O/c1-22-10-12-23(13-11-22)8-4-15-25-16-14-24-9-3-6-18-5-2-7-19(21)17-20(18)24/h5,7,17H,2-4,6,8-16,21H2,1H3. The zero-order valence-electron chi connectivity index (χ0n) is 15.8. The molecule has 0 amide bonds. The summed E-state index contributed by atoms with van der Waals surface area (Å²) >= 11 is 0. The first-order chi connectivity index (χ1) is 12.2. The second-order valence-corrected chi connectivity index (χ2v) is 7.40. The molecule has 1 aliphatic carbocycles. The van der Waals surface area contributed by atoms with Crippen LogP contribution in [0.4, 0.5) is 0 Å². The van der Waals surface area contributed by atoms with Crippen molar-refractivity contribution in [2.24, 2.45) is 5.73 Å². The van der Waals surface area contributed by atoms with Crippen molar-refractivity contribution >= 4 is 0 Å². The van der Waals surface area contributed by atoms with Gasteiger partial charge in [-0.1, -0.05) is 12.2 Å². The topological polar surface area (TPSA) is 45.0 Å². The van der Waals surface area contributed by atoms with E-state index in [-0.39, 0.29) is 0 Å². The molecular weight excluding hydrogens is 312 g/mol. The Bertz CT molecular complexity index is 518. The minimum Gasteiger partial charge on any atom is -0.399 e. The fourth-order valence-electron chi connectivity index (χ4n) is 3.83. The van der Waals surface area contributed by atoms with E-state index < -0.39 is 0 Å². The van der Waals surface area contributed by atoms with Gasteiger partial charge in [0.1, 0.15) is 0 Å². The summed E-state index contributed by atoms with van der Waals surface area (Å²) in [4.78, 5) is 7.40. The molecule has 5 nitrogen and oxygen atoms in total. The van der Waals surface area contributed by atoms with Crippen LogP contribution < -0.4 is 5.73 Å². The highest BCUT2D eigenvalue weighted by Crippen LogP contribution is 2.29. The highest BCUT2D eigenvalue weighted by molar-refractivity contribution is 5.39. The molecule has 2 aliphatic heterocycles. The average Bonchev–Trinajstić information content (AvgIpc) is 2.80. The lowest BCUT2D eigenvalue weighted by Gasteiger charge is -2.33. The first-order valence-corrected chi connectivity index (χ1v) is 9.83. The summed E-state index contributed by atoms with van der Waals surface area (Å²) in [6.07, 6.45) is 11.1. The zero-order chi connectivity index (χ0) is 17.5. The lowest BCUT2D eigenvalue weighted by atomic mass is 10.00. The van der Waals surface area contributed by atoms with E-state index in [0.717, 1.165) is 51.4 Å². The highest BCUT2D eigenvalue weighted by Gasteiger charge is 2.20. The molecule has 0 radical (unpaired) electrons. The van der Waals surface area contributed by atoms with E-state index in [9.17, 15) is 0 Å². The summed E-state index contributed by atoms with van der Waals surface area (Å²) in [6.45, 7) is 9.69. The van der Waals surface area contributed by atoms with Crippen LogP contribution in [0.2, 0.25) is 0 Å². The predicted octanol–water partition coefficient (Wildman–Crippen LogP) is 1.79. The van der Waals surface area contributed by atoms with Gasteiger partial charge >= 0.3 is 0 Å². The molecule has 3 aliphatic rings. The molecule has 0 aromatic heterocycles. The van der Waals surface area contributed by atoms with E-state index in [1.807, 2.05) is 0 Å². The molecule has 2 heterocycles. The number of piperidine rings is 1. The normalized spacial score (nSPS) is 22.8. The lowest BCUT2D eigenvalue weighted by molar-refractivity contribution is 0.0928. The van der Waals surface area contributed by atoms with Crippen molar-refractivity contribution in [2.45, 2.75) is 25.7 Å². The van der Waals surface area contributed by atoms with Crippen molar-refractivity contribution in [1.82, 2.24) is 14.7 Å². The van der Waals surface area contributed by atoms with Crippen LogP contribution >= 0.6 is 0 Å². The molecule has 140 valence electrons. The monoisotopic (exact) mass is 346 g/mol. The fraction of sp³-hybridized carbons (Fsp3) is 0.700. The summed E-state index contributed by atoms with van der Waals surface area (Å²) < 4.78 is 5.92. The van der Waals surface area contributed by atoms with Crippen LogP contribution in [0.15, 0.2) is 35.2 Å². The van der Waals surface area contributed by atoms with Gasteiger partial charge in [-0.25, -0.2) is 0 Å². The van der Waals surface area contributed by atoms with Gasteiger partial charge in [0.2, 0.25) is 0 Å². The van der Waals surface area contributed by atoms with Crippen molar-refractivity contribution < 1.29 is 4.74 Å². The Morgan fingerprint density at radius 3 is 2.72 bits per heavy atom. The van der Waals surface area contributed by atoms with Gasteiger partial charge in [0, 0.05) is 63.8 Å². The number of piperazine rings is 1. The fourth-order valence-corrected chi connectivity index (χ4v) is 3.83. The largest absolute Gasteiger partial charge is 0.399 e. The Morgan fingerprint density at radius 2 is 1.88 bits per heavy atom. The van der Waals surface area contributed by atoms with Gasteiger partial charge in [-0.2, -0.15) is 0 Å². The maximum absolute atomic E-state index is 6.06. The van der Waals surface area contributed by atoms with Crippen LogP contribution in [0.25, 0.3) is 0 Å². The van der Waals surface area contributed by atoms with Crippen LogP contribution in [0, 0.1) is 0 Å². The maximum atomic E-state index is 6.06. The molecule has 0 unspecified atom stereocenters. The third-order valence-corrected chi connectivity index (χ3v) is 5.43. The average molecular weight is 347 g/mol. The first kappa shape index (κ1) is 18.5. The lowest BCUT2D eigenvalue weighted by Crippen LogP contribution is -2.44. The molecule has 5 heteroatoms. The number of rotatable bonds is 7. The number of hydrogen-bond donors (Lipinski definition) is 1. The van der Waals surface area contributed by atoms with Gasteiger partial charge < -0.3 is 25.2 Å². The molecule has 0 saturated carbocycles. The number of likely N-dealkylation sites (N-methyl/N-ethyl adjacent to an activating group) is 1. The van der Waals surface area contributed by atoms with Crippen LogP contribution in [0.1, 0.15) is 25.7 Å². The Kier molecular flexibility index (Phi) is 6.96. The van der Waals surface area contributed by atoms with Gasteiger partial charge in [0.05, 0.1) is 6.61 Å². The number of hydrogen-bond acceptors (Lipinski definition) is 5. The smallest absolute Gasteiger partial charge is 0.0641 e. The number of allylic oxidation sites excluding steroid dienone is 4. The molecule has 2 saturated heterocycles. The molecule has 0 bridgehead atoms. The van der Waals surface area contributed by atoms with E-state index in [4.69, 9.17) is 10.5 Å². The number of likely N-dealkylation sites (tertiary alicyclic amines) is 1. The number of fused-ring (bicyclic) bond motifs is 1. The minimum absolute atomic E-state index is 0.803. The summed E-state index contributed by atoms with van der Waals surface area (Å²) in [5.74, 6) is 0. The molecule has 0 spiro atoms. The van der Waals surface area contributed by atoms with Gasteiger partial charge in [0.25, 0.3) is 0 Å². The van der Waals surface area contributed by atoms with Crippen LogP contribution in [0.3, 0.4) is 0 Å². The van der Waals surface area contributed by atoms with Gasteiger partial charge in [-0.15, -0.1) is 0 Å². The Labute approximate surface area is 152 Å². The van der Waals surface area contributed by atoms with E-state index in [1.165, 1.54) is 50.3 Å². The molecule has 2 fully saturated rings. The van der Waals surface area contributed by atoms with Crippen LogP contribution in [0.5, 0.6) is 0 Å². The first-order valence-electron chi connectivity index (χ1n) is 9.83. The number of ether oxygens (including phenoxy) is 1. The summed E-state index contributed by atoms with van der Waals surface area (Å²) in [7, 11) is 2.20.